The molecule has 1 aromatic rings. The molecule has 2 aliphatic heterocycles. The summed E-state index contributed by atoms with van der Waals surface area (Å²) >= 11 is 0. The van der Waals surface area contributed by atoms with E-state index in [9.17, 15) is 9.90 Å². The Morgan fingerprint density at radius 2 is 2.18 bits per heavy atom. The molecule has 0 bridgehead atoms. The lowest BCUT2D eigenvalue weighted by molar-refractivity contribution is -0.174. The minimum Gasteiger partial charge on any atom is -0.450 e. The number of fused-ring (bicyclic) bond motifs is 1. The molecule has 0 radical (unpaired) electrons. The molecule has 2 saturated heterocycles. The van der Waals surface area contributed by atoms with Crippen molar-refractivity contribution in [1.82, 2.24) is 9.96 Å². The Morgan fingerprint density at radius 1 is 1.41 bits per heavy atom. The summed E-state index contributed by atoms with van der Waals surface area (Å²) in [6.07, 6.45) is -0.267. The van der Waals surface area contributed by atoms with Crippen LogP contribution < -0.4 is 0 Å². The summed E-state index contributed by atoms with van der Waals surface area (Å²) in [6.45, 7) is 3.96. The van der Waals surface area contributed by atoms with Gasteiger partial charge in [0.15, 0.2) is 0 Å². The molecule has 0 aliphatic carbocycles. The summed E-state index contributed by atoms with van der Waals surface area (Å²) in [5.41, 5.74) is 1.01. The van der Waals surface area contributed by atoms with Crippen LogP contribution in [0.2, 0.25) is 0 Å². The van der Waals surface area contributed by atoms with Crippen molar-refractivity contribution in [2.45, 2.75) is 19.0 Å². The van der Waals surface area contributed by atoms with Crippen molar-refractivity contribution in [3.05, 3.63) is 35.9 Å². The molecule has 6 nitrogen and oxygen atoms in total. The van der Waals surface area contributed by atoms with Crippen molar-refractivity contribution < 1.29 is 19.5 Å². The van der Waals surface area contributed by atoms with E-state index in [1.54, 1.807) is 11.8 Å². The molecule has 3 atom stereocenters. The second-order valence-electron chi connectivity index (χ2n) is 5.70. The fourth-order valence-corrected chi connectivity index (χ4v) is 3.28. The third-order valence-electron chi connectivity index (χ3n) is 4.36. The number of carbonyl (C=O) groups excluding carboxylic acids is 1. The van der Waals surface area contributed by atoms with E-state index >= 15 is 0 Å². The van der Waals surface area contributed by atoms with Gasteiger partial charge in [0.1, 0.15) is 0 Å². The van der Waals surface area contributed by atoms with E-state index < -0.39 is 0 Å². The highest BCUT2D eigenvalue weighted by Crippen LogP contribution is 2.35. The van der Waals surface area contributed by atoms with Crippen molar-refractivity contribution in [1.29, 1.82) is 0 Å². The summed E-state index contributed by atoms with van der Waals surface area (Å²) in [5.74, 6) is 0.266. The molecule has 1 amide bonds. The molecule has 1 aromatic carbocycles. The number of amides is 1. The van der Waals surface area contributed by atoms with Gasteiger partial charge < -0.3 is 14.7 Å². The van der Waals surface area contributed by atoms with Crippen LogP contribution in [0.3, 0.4) is 0 Å². The van der Waals surface area contributed by atoms with Crippen molar-refractivity contribution in [2.75, 3.05) is 32.9 Å². The third kappa shape index (κ3) is 2.82. The topological polar surface area (TPSA) is 62.2 Å². The van der Waals surface area contributed by atoms with Gasteiger partial charge in [0.25, 0.3) is 0 Å². The molecule has 2 aliphatic rings. The molecule has 120 valence electrons. The number of hydrogen-bond donors (Lipinski definition) is 1. The number of carbonyl (C=O) groups is 1. The Kier molecular flexibility index (Phi) is 4.61. The summed E-state index contributed by atoms with van der Waals surface area (Å²) in [5, 5.41) is 11.7. The molecule has 6 heteroatoms. The lowest BCUT2D eigenvalue weighted by Crippen LogP contribution is -2.39. The minimum atomic E-state index is -0.267. The molecule has 2 heterocycles. The largest absolute Gasteiger partial charge is 0.450 e. The van der Waals surface area contributed by atoms with E-state index in [0.717, 1.165) is 5.56 Å². The zero-order valence-electron chi connectivity index (χ0n) is 12.7. The van der Waals surface area contributed by atoms with Crippen molar-refractivity contribution in [3.63, 3.8) is 0 Å². The fourth-order valence-electron chi connectivity index (χ4n) is 3.28. The van der Waals surface area contributed by atoms with Crippen LogP contribution in [0.1, 0.15) is 18.5 Å². The Morgan fingerprint density at radius 3 is 2.86 bits per heavy atom. The van der Waals surface area contributed by atoms with Gasteiger partial charge in [0, 0.05) is 19.0 Å². The molecule has 0 aromatic heterocycles. The number of benzene rings is 1. The smallest absolute Gasteiger partial charge is 0.409 e. The molecule has 3 rings (SSSR count). The Labute approximate surface area is 130 Å². The van der Waals surface area contributed by atoms with E-state index in [2.05, 4.69) is 0 Å². The van der Waals surface area contributed by atoms with Crippen LogP contribution in [0.4, 0.5) is 4.79 Å². The van der Waals surface area contributed by atoms with Crippen LogP contribution in [0, 0.1) is 5.92 Å². The molecule has 1 N–H and O–H groups in total. The van der Waals surface area contributed by atoms with E-state index in [1.807, 2.05) is 35.4 Å². The van der Waals surface area contributed by atoms with Crippen LogP contribution in [0.25, 0.3) is 0 Å². The number of likely N-dealkylation sites (tertiary alicyclic amines) is 1. The first-order chi connectivity index (χ1) is 10.7. The third-order valence-corrected chi connectivity index (χ3v) is 4.36. The molecule has 0 unspecified atom stereocenters. The zero-order valence-corrected chi connectivity index (χ0v) is 12.7. The number of rotatable bonds is 4. The molecule has 22 heavy (non-hydrogen) atoms. The lowest BCUT2D eigenvalue weighted by Gasteiger charge is -2.30. The summed E-state index contributed by atoms with van der Waals surface area (Å²) < 4.78 is 5.08. The van der Waals surface area contributed by atoms with Gasteiger partial charge >= 0.3 is 6.09 Å². The van der Waals surface area contributed by atoms with Crippen LogP contribution in [-0.2, 0) is 9.57 Å². The van der Waals surface area contributed by atoms with Crippen LogP contribution in [0.15, 0.2) is 30.3 Å². The predicted molar refractivity (Wildman–Crippen MR) is 79.9 cm³/mol. The standard InChI is InChI=1S/C16H22N2O4/c1-2-21-16(20)17-8-13-11-22-18(14(13)9-17)15(10-19)12-6-4-3-5-7-12/h3-7,13-15,19H,2,8-11H2,1H3/t13-,14-,15-/m0/s1. The van der Waals surface area contributed by atoms with Gasteiger partial charge in [-0.05, 0) is 12.5 Å². The number of aliphatic hydroxyl groups is 1. The number of aliphatic hydroxyl groups excluding tert-OH is 1. The van der Waals surface area contributed by atoms with Gasteiger partial charge in [0.2, 0.25) is 0 Å². The van der Waals surface area contributed by atoms with E-state index in [4.69, 9.17) is 9.57 Å². The monoisotopic (exact) mass is 306 g/mol. The number of nitrogens with zero attached hydrogens (tertiary/aromatic N) is 2. The lowest BCUT2D eigenvalue weighted by atomic mass is 10.0. The summed E-state index contributed by atoms with van der Waals surface area (Å²) in [4.78, 5) is 19.4. The Hall–Kier alpha value is -1.63. The molecular formula is C16H22N2O4. The van der Waals surface area contributed by atoms with Crippen molar-refractivity contribution in [3.8, 4) is 0 Å². The van der Waals surface area contributed by atoms with Gasteiger partial charge in [-0.15, -0.1) is 0 Å². The summed E-state index contributed by atoms with van der Waals surface area (Å²) in [6, 6.07) is 9.70. The van der Waals surface area contributed by atoms with Gasteiger partial charge in [0.05, 0.1) is 31.9 Å². The van der Waals surface area contributed by atoms with Gasteiger partial charge in [-0.3, -0.25) is 4.84 Å². The number of ether oxygens (including phenoxy) is 1. The van der Waals surface area contributed by atoms with Gasteiger partial charge in [-0.25, -0.2) is 4.79 Å². The zero-order chi connectivity index (χ0) is 15.5. The quantitative estimate of drug-likeness (QED) is 0.911. The molecule has 0 saturated carbocycles. The van der Waals surface area contributed by atoms with Crippen LogP contribution in [-0.4, -0.2) is 60.1 Å². The second-order valence-corrected chi connectivity index (χ2v) is 5.70. The predicted octanol–water partition coefficient (Wildman–Crippen LogP) is 1.42. The number of hydroxylamine groups is 2. The van der Waals surface area contributed by atoms with Crippen molar-refractivity contribution in [2.24, 2.45) is 5.92 Å². The number of hydrogen-bond acceptors (Lipinski definition) is 5. The average Bonchev–Trinajstić information content (AvgIpc) is 3.11. The fraction of sp³-hybridized carbons (Fsp3) is 0.562. The highest BCUT2D eigenvalue weighted by molar-refractivity contribution is 5.68. The molecular weight excluding hydrogens is 284 g/mol. The maximum atomic E-state index is 11.9. The highest BCUT2D eigenvalue weighted by atomic mass is 16.7. The van der Waals surface area contributed by atoms with E-state index in [1.165, 1.54) is 0 Å². The van der Waals surface area contributed by atoms with Crippen LogP contribution >= 0.6 is 0 Å². The molecule has 0 spiro atoms. The van der Waals surface area contributed by atoms with E-state index in [-0.39, 0.29) is 30.7 Å². The normalized spacial score (nSPS) is 26.0. The SMILES string of the molecule is CCOC(=O)N1C[C@H]2CON([C@@H](CO)c3ccccc3)[C@H]2C1. The minimum absolute atomic E-state index is 0.0212. The highest BCUT2D eigenvalue weighted by Gasteiger charge is 2.47. The first kappa shape index (κ1) is 15.3. The second kappa shape index (κ2) is 6.64. The van der Waals surface area contributed by atoms with E-state index in [0.29, 0.717) is 26.3 Å². The first-order valence-corrected chi connectivity index (χ1v) is 7.73. The first-order valence-electron chi connectivity index (χ1n) is 7.73. The van der Waals surface area contributed by atoms with Gasteiger partial charge in [-0.1, -0.05) is 30.3 Å². The van der Waals surface area contributed by atoms with Crippen LogP contribution in [0.5, 0.6) is 0 Å². The summed E-state index contributed by atoms with van der Waals surface area (Å²) in [7, 11) is 0. The van der Waals surface area contributed by atoms with Crippen molar-refractivity contribution >= 4 is 6.09 Å². The Balaban J connectivity index is 1.72. The Bertz CT molecular complexity index is 510. The maximum Gasteiger partial charge on any atom is 0.409 e. The maximum absolute atomic E-state index is 11.9. The molecule has 2 fully saturated rings. The van der Waals surface area contributed by atoms with Gasteiger partial charge in [-0.2, -0.15) is 5.06 Å². The average molecular weight is 306 g/mol.